The van der Waals surface area contributed by atoms with Crippen LogP contribution in [0, 0.1) is 0 Å². The normalized spacial score (nSPS) is 10.9. The van der Waals surface area contributed by atoms with Crippen LogP contribution in [-0.4, -0.2) is 61.5 Å². The van der Waals surface area contributed by atoms with Crippen molar-refractivity contribution in [2.45, 2.75) is 34.1 Å². The minimum absolute atomic E-state index is 0.206. The van der Waals surface area contributed by atoms with Crippen LogP contribution in [0.5, 0.6) is 0 Å². The Hall–Kier alpha value is -0.610. The Morgan fingerprint density at radius 2 is 1.59 bits per heavy atom. The standard InChI is InChI=1S/C13H29N3O/c1-5-15(6-2)11-9-10-14-12-13(17)16(7-3)8-4/h14H,5-12H2,1-4H3. The summed E-state index contributed by atoms with van der Waals surface area (Å²) in [5.74, 6) is 0.206. The second-order valence-corrected chi connectivity index (χ2v) is 4.12. The molecule has 102 valence electrons. The summed E-state index contributed by atoms with van der Waals surface area (Å²) in [6, 6.07) is 0. The lowest BCUT2D eigenvalue weighted by Crippen LogP contribution is -2.38. The van der Waals surface area contributed by atoms with Crippen LogP contribution in [-0.2, 0) is 4.79 Å². The van der Waals surface area contributed by atoms with Crippen molar-refractivity contribution in [1.29, 1.82) is 0 Å². The van der Waals surface area contributed by atoms with E-state index in [1.165, 1.54) is 0 Å². The van der Waals surface area contributed by atoms with E-state index in [0.29, 0.717) is 6.54 Å². The van der Waals surface area contributed by atoms with Crippen molar-refractivity contribution in [3.8, 4) is 0 Å². The van der Waals surface area contributed by atoms with Gasteiger partial charge in [0.1, 0.15) is 0 Å². The molecule has 0 unspecified atom stereocenters. The van der Waals surface area contributed by atoms with E-state index < -0.39 is 0 Å². The third-order valence-corrected chi connectivity index (χ3v) is 3.11. The molecule has 0 aromatic heterocycles. The first-order valence-electron chi connectivity index (χ1n) is 6.90. The molecule has 0 bridgehead atoms. The molecule has 0 heterocycles. The molecule has 1 amide bonds. The zero-order chi connectivity index (χ0) is 13.1. The zero-order valence-corrected chi connectivity index (χ0v) is 12.0. The third kappa shape index (κ3) is 7.34. The predicted molar refractivity (Wildman–Crippen MR) is 73.2 cm³/mol. The van der Waals surface area contributed by atoms with Crippen LogP contribution in [0.4, 0.5) is 0 Å². The van der Waals surface area contributed by atoms with Crippen LogP contribution in [0.2, 0.25) is 0 Å². The van der Waals surface area contributed by atoms with Gasteiger partial charge in [0.2, 0.25) is 5.91 Å². The summed E-state index contributed by atoms with van der Waals surface area (Å²) in [4.78, 5) is 15.9. The predicted octanol–water partition coefficient (Wildman–Crippen LogP) is 1.18. The summed E-state index contributed by atoms with van der Waals surface area (Å²) in [5.41, 5.74) is 0. The number of rotatable bonds is 10. The van der Waals surface area contributed by atoms with Gasteiger partial charge in [-0.3, -0.25) is 4.79 Å². The van der Waals surface area contributed by atoms with E-state index in [-0.39, 0.29) is 5.91 Å². The molecule has 0 aliphatic carbocycles. The van der Waals surface area contributed by atoms with Gasteiger partial charge in [-0.1, -0.05) is 13.8 Å². The van der Waals surface area contributed by atoms with E-state index in [2.05, 4.69) is 24.1 Å². The minimum Gasteiger partial charge on any atom is -0.342 e. The number of carbonyl (C=O) groups is 1. The largest absolute Gasteiger partial charge is 0.342 e. The SMILES string of the molecule is CCN(CC)CCCNCC(=O)N(CC)CC. The molecule has 1 N–H and O–H groups in total. The highest BCUT2D eigenvalue weighted by atomic mass is 16.2. The van der Waals surface area contributed by atoms with Gasteiger partial charge in [-0.2, -0.15) is 0 Å². The van der Waals surface area contributed by atoms with Crippen molar-refractivity contribution < 1.29 is 4.79 Å². The molecule has 0 spiro atoms. The molecule has 0 aliphatic heterocycles. The van der Waals surface area contributed by atoms with Crippen LogP contribution >= 0.6 is 0 Å². The average Bonchev–Trinajstić information content (AvgIpc) is 2.35. The van der Waals surface area contributed by atoms with Crippen LogP contribution in [0.25, 0.3) is 0 Å². The third-order valence-electron chi connectivity index (χ3n) is 3.11. The fraction of sp³-hybridized carbons (Fsp3) is 0.923. The van der Waals surface area contributed by atoms with Gasteiger partial charge < -0.3 is 15.1 Å². The molecule has 4 nitrogen and oxygen atoms in total. The summed E-state index contributed by atoms with van der Waals surface area (Å²) < 4.78 is 0. The second-order valence-electron chi connectivity index (χ2n) is 4.12. The summed E-state index contributed by atoms with van der Waals surface area (Å²) >= 11 is 0. The Morgan fingerprint density at radius 1 is 1.00 bits per heavy atom. The van der Waals surface area contributed by atoms with E-state index in [1.54, 1.807) is 0 Å². The van der Waals surface area contributed by atoms with E-state index in [9.17, 15) is 4.79 Å². The first kappa shape index (κ1) is 16.4. The Labute approximate surface area is 106 Å². The van der Waals surface area contributed by atoms with Gasteiger partial charge in [0.15, 0.2) is 0 Å². The smallest absolute Gasteiger partial charge is 0.236 e. The van der Waals surface area contributed by atoms with Crippen LogP contribution in [0.15, 0.2) is 0 Å². The number of hydrogen-bond donors (Lipinski definition) is 1. The summed E-state index contributed by atoms with van der Waals surface area (Å²) in [6.07, 6.45) is 1.10. The molecule has 0 radical (unpaired) electrons. The quantitative estimate of drug-likeness (QED) is 0.585. The maximum atomic E-state index is 11.7. The molecular formula is C13H29N3O. The van der Waals surface area contributed by atoms with Crippen LogP contribution in [0.1, 0.15) is 34.1 Å². The Kier molecular flexibility index (Phi) is 10.2. The van der Waals surface area contributed by atoms with E-state index in [4.69, 9.17) is 0 Å². The van der Waals surface area contributed by atoms with Crippen molar-refractivity contribution in [2.24, 2.45) is 0 Å². The monoisotopic (exact) mass is 243 g/mol. The second kappa shape index (κ2) is 10.5. The van der Waals surface area contributed by atoms with Gasteiger partial charge in [-0.15, -0.1) is 0 Å². The first-order valence-corrected chi connectivity index (χ1v) is 6.90. The lowest BCUT2D eigenvalue weighted by molar-refractivity contribution is -0.129. The highest BCUT2D eigenvalue weighted by molar-refractivity contribution is 5.78. The summed E-state index contributed by atoms with van der Waals surface area (Å²) in [6.45, 7) is 14.7. The van der Waals surface area contributed by atoms with Gasteiger partial charge in [0, 0.05) is 13.1 Å². The minimum atomic E-state index is 0.206. The lowest BCUT2D eigenvalue weighted by atomic mass is 10.3. The van der Waals surface area contributed by atoms with Crippen LogP contribution in [0.3, 0.4) is 0 Å². The fourth-order valence-electron chi connectivity index (χ4n) is 1.85. The van der Waals surface area contributed by atoms with Crippen molar-refractivity contribution >= 4 is 5.91 Å². The molecule has 0 saturated carbocycles. The maximum Gasteiger partial charge on any atom is 0.236 e. The van der Waals surface area contributed by atoms with Crippen LogP contribution < -0.4 is 5.32 Å². The Bertz CT molecular complexity index is 189. The molecular weight excluding hydrogens is 214 g/mol. The molecule has 0 aliphatic rings. The van der Waals surface area contributed by atoms with Gasteiger partial charge in [0.25, 0.3) is 0 Å². The lowest BCUT2D eigenvalue weighted by Gasteiger charge is -2.20. The van der Waals surface area contributed by atoms with Gasteiger partial charge in [-0.05, 0) is 46.4 Å². The topological polar surface area (TPSA) is 35.6 Å². The summed E-state index contributed by atoms with van der Waals surface area (Å²) in [7, 11) is 0. The number of nitrogens with zero attached hydrogens (tertiary/aromatic N) is 2. The Balaban J connectivity index is 3.54. The molecule has 0 rings (SSSR count). The summed E-state index contributed by atoms with van der Waals surface area (Å²) in [5, 5.41) is 3.22. The van der Waals surface area contributed by atoms with Gasteiger partial charge in [-0.25, -0.2) is 0 Å². The molecule has 0 aromatic carbocycles. The van der Waals surface area contributed by atoms with Gasteiger partial charge >= 0.3 is 0 Å². The van der Waals surface area contributed by atoms with Crippen molar-refractivity contribution in [1.82, 2.24) is 15.1 Å². The number of hydrogen-bond acceptors (Lipinski definition) is 3. The molecule has 0 saturated heterocycles. The molecule has 0 aromatic rings. The first-order chi connectivity index (χ1) is 8.19. The Morgan fingerprint density at radius 3 is 2.06 bits per heavy atom. The number of nitrogens with one attached hydrogen (secondary N) is 1. The van der Waals surface area contributed by atoms with E-state index in [0.717, 1.165) is 45.7 Å². The van der Waals surface area contributed by atoms with Crippen molar-refractivity contribution in [3.63, 3.8) is 0 Å². The van der Waals surface area contributed by atoms with Gasteiger partial charge in [0.05, 0.1) is 6.54 Å². The molecule has 0 fully saturated rings. The highest BCUT2D eigenvalue weighted by Crippen LogP contribution is 1.90. The number of likely N-dealkylation sites (N-methyl/N-ethyl adjacent to an activating group) is 1. The van der Waals surface area contributed by atoms with E-state index in [1.807, 2.05) is 18.7 Å². The maximum absolute atomic E-state index is 11.7. The van der Waals surface area contributed by atoms with Crippen molar-refractivity contribution in [3.05, 3.63) is 0 Å². The van der Waals surface area contributed by atoms with Crippen molar-refractivity contribution in [2.75, 3.05) is 45.8 Å². The average molecular weight is 243 g/mol. The molecule has 17 heavy (non-hydrogen) atoms. The molecule has 0 atom stereocenters. The fourth-order valence-corrected chi connectivity index (χ4v) is 1.85. The number of amides is 1. The molecule has 4 heteroatoms. The zero-order valence-electron chi connectivity index (χ0n) is 12.0. The van der Waals surface area contributed by atoms with E-state index >= 15 is 0 Å². The highest BCUT2D eigenvalue weighted by Gasteiger charge is 2.07. The number of carbonyl (C=O) groups excluding carboxylic acids is 1.